The lowest BCUT2D eigenvalue weighted by Crippen LogP contribution is -2.68. The summed E-state index contributed by atoms with van der Waals surface area (Å²) in [5, 5.41) is 46.8. The maximum Gasteiger partial charge on any atom is 0.397 e. The Bertz CT molecular complexity index is 1480. The van der Waals surface area contributed by atoms with Crippen LogP contribution in [-0.2, 0) is 62.4 Å². The quantitative estimate of drug-likeness (QED) is 0.0305. The lowest BCUT2D eigenvalue weighted by atomic mass is 9.95. The number of carbonyl (C=O) groups excluding carboxylic acids is 1. The highest BCUT2D eigenvalue weighted by Gasteiger charge is 2.52. The molecule has 67 heavy (non-hydrogen) atoms. The summed E-state index contributed by atoms with van der Waals surface area (Å²) in [6.45, 7) is 4.33. The van der Waals surface area contributed by atoms with Gasteiger partial charge in [0.1, 0.15) is 54.9 Å². The van der Waals surface area contributed by atoms with Crippen LogP contribution in [0.4, 0.5) is 0 Å². The lowest BCUT2D eigenvalue weighted by molar-refractivity contribution is -0.348. The smallest absolute Gasteiger partial charge is 0.388 e. The minimum atomic E-state index is -5.05. The Hall–Kier alpha value is -1.19. The zero-order chi connectivity index (χ0) is 49.5. The predicted molar refractivity (Wildman–Crippen MR) is 247 cm³/mol. The van der Waals surface area contributed by atoms with Gasteiger partial charge in [0.05, 0.1) is 26.4 Å². The summed E-state index contributed by atoms with van der Waals surface area (Å²) in [6, 6.07) is -1.59. The summed E-state index contributed by atoms with van der Waals surface area (Å²) in [5.41, 5.74) is 0. The first-order valence-electron chi connectivity index (χ1n) is 25.0. The topological polar surface area (TPSA) is 293 Å². The Balaban J connectivity index is 2.09. The van der Waals surface area contributed by atoms with E-state index in [1.54, 1.807) is 0 Å². The molecule has 2 saturated heterocycles. The average molecular weight is 1010 g/mol. The van der Waals surface area contributed by atoms with Crippen LogP contribution in [0.25, 0.3) is 0 Å². The molecule has 0 spiro atoms. The van der Waals surface area contributed by atoms with Gasteiger partial charge in [-0.3, -0.25) is 13.9 Å². The molecule has 2 aliphatic rings. The molecule has 2 aliphatic heterocycles. The largest absolute Gasteiger partial charge is 0.397 e. The number of nitrogens with one attached hydrogen (secondary N) is 1. The van der Waals surface area contributed by atoms with Gasteiger partial charge in [-0.25, -0.2) is 8.37 Å². The fourth-order valence-electron chi connectivity index (χ4n) is 8.17. The number of ether oxygens (including phenoxy) is 6. The maximum absolute atomic E-state index is 12.1. The van der Waals surface area contributed by atoms with E-state index in [-0.39, 0.29) is 13.2 Å². The van der Waals surface area contributed by atoms with Crippen LogP contribution in [0.3, 0.4) is 0 Å². The summed E-state index contributed by atoms with van der Waals surface area (Å²) in [5.74, 6) is -0.731. The van der Waals surface area contributed by atoms with Crippen LogP contribution >= 0.6 is 0 Å². The third-order valence-corrected chi connectivity index (χ3v) is 12.9. The van der Waals surface area contributed by atoms with Crippen LogP contribution in [0.15, 0.2) is 0 Å². The summed E-state index contributed by atoms with van der Waals surface area (Å²) >= 11 is 0. The molecule has 7 N–H and O–H groups in total. The van der Waals surface area contributed by atoms with Gasteiger partial charge in [-0.2, -0.15) is 16.8 Å². The Labute approximate surface area is 400 Å². The van der Waals surface area contributed by atoms with E-state index in [0.717, 1.165) is 51.9 Å². The first-order valence-corrected chi connectivity index (χ1v) is 27.7. The molecular weight excluding hydrogens is 923 g/mol. The highest BCUT2D eigenvalue weighted by Crippen LogP contribution is 2.31. The van der Waals surface area contributed by atoms with Crippen molar-refractivity contribution in [3.63, 3.8) is 0 Å². The van der Waals surface area contributed by atoms with Crippen LogP contribution in [0.5, 0.6) is 0 Å². The van der Waals surface area contributed by atoms with Gasteiger partial charge in [0.25, 0.3) is 0 Å². The molecule has 0 aromatic heterocycles. The monoisotopic (exact) mass is 1010 g/mol. The molecule has 0 aliphatic carbocycles. The molecule has 0 aromatic carbocycles. The number of amides is 1. The van der Waals surface area contributed by atoms with Crippen LogP contribution in [0, 0.1) is 0 Å². The molecule has 398 valence electrons. The van der Waals surface area contributed by atoms with Crippen molar-refractivity contribution in [2.24, 2.45) is 0 Å². The van der Waals surface area contributed by atoms with E-state index in [1.165, 1.54) is 109 Å². The molecule has 20 nitrogen and oxygen atoms in total. The summed E-state index contributed by atoms with van der Waals surface area (Å²) in [6.07, 6.45) is 11.6. The van der Waals surface area contributed by atoms with Crippen LogP contribution in [-0.4, -0.2) is 159 Å². The minimum Gasteiger partial charge on any atom is -0.388 e. The maximum atomic E-state index is 12.1. The van der Waals surface area contributed by atoms with Gasteiger partial charge in [0.2, 0.25) is 5.91 Å². The van der Waals surface area contributed by atoms with Crippen molar-refractivity contribution in [3.05, 3.63) is 0 Å². The van der Waals surface area contributed by atoms with E-state index in [9.17, 15) is 46.6 Å². The van der Waals surface area contributed by atoms with E-state index in [0.29, 0.717) is 13.2 Å². The van der Waals surface area contributed by atoms with E-state index < -0.39 is 107 Å². The second-order valence-electron chi connectivity index (χ2n) is 18.0. The molecule has 0 aromatic rings. The average Bonchev–Trinajstić information content (AvgIpc) is 3.26. The molecular formula is C45H87NO19S2. The van der Waals surface area contributed by atoms with Gasteiger partial charge < -0.3 is 54.2 Å². The number of aliphatic hydroxyl groups excluding tert-OH is 4. The van der Waals surface area contributed by atoms with Gasteiger partial charge in [-0.15, -0.1) is 0 Å². The normalized spacial score (nSPS) is 26.5. The van der Waals surface area contributed by atoms with Gasteiger partial charge >= 0.3 is 20.8 Å². The molecule has 2 fully saturated rings. The molecule has 2 heterocycles. The van der Waals surface area contributed by atoms with Gasteiger partial charge in [0, 0.05) is 20.1 Å². The van der Waals surface area contributed by atoms with Crippen LogP contribution in [0.1, 0.15) is 175 Å². The summed E-state index contributed by atoms with van der Waals surface area (Å²) < 4.78 is 108. The Morgan fingerprint density at radius 1 is 0.552 bits per heavy atom. The van der Waals surface area contributed by atoms with E-state index in [2.05, 4.69) is 27.5 Å². The first kappa shape index (κ1) is 61.9. The Morgan fingerprint density at radius 3 is 1.42 bits per heavy atom. The third kappa shape index (κ3) is 28.4. The number of unbranched alkanes of at least 4 members (excludes halogenated alkanes) is 22. The number of rotatable bonds is 41. The van der Waals surface area contributed by atoms with Crippen molar-refractivity contribution in [1.82, 2.24) is 5.32 Å². The minimum absolute atomic E-state index is 0.137. The van der Waals surface area contributed by atoms with Crippen molar-refractivity contribution in [2.75, 3.05) is 39.6 Å². The van der Waals surface area contributed by atoms with Gasteiger partial charge in [0.15, 0.2) is 12.6 Å². The molecule has 22 heteroatoms. The second-order valence-corrected chi connectivity index (χ2v) is 20.2. The standard InChI is InChI=1S/C45H87NO19S2/c1-4-6-8-10-12-14-16-18-20-22-24-26-28-58-30-35(59-29-27-25-23-21-19-17-15-13-11-9-7-5-2)31-60-45-42(51)43(40(49)37(64-45)33-62-67(55,56)57)65-44-38(46-34(3)47)41(50)39(48)36(63-44)32-61-66(52,53)54/h35-45,48-51H,4-33H2,1-3H3,(H,46,47)(H,52,53,54)(H,55,56,57)/t35?,36-,37-,38-,39-,40+,41-,42-,43+,44-,45-/m1/s1. The van der Waals surface area contributed by atoms with Crippen molar-refractivity contribution < 1.29 is 87.9 Å². The van der Waals surface area contributed by atoms with Crippen molar-refractivity contribution in [1.29, 1.82) is 0 Å². The number of carbonyl (C=O) groups is 1. The van der Waals surface area contributed by atoms with Gasteiger partial charge in [-0.05, 0) is 12.8 Å². The third-order valence-electron chi connectivity index (χ3n) is 12.0. The first-order chi connectivity index (χ1) is 32.0. The SMILES string of the molecule is CCCCCCCCCCCCCCOCC(CO[C@@H]1O[C@H](COS(=O)(=O)O)[C@H](O)[C@H](O[C@H]2O[C@H](COS(=O)(=O)O)[C@@H](O)[C@H](O)[C@H]2NC(C)=O)[C@H]1O)OCCCCCCCCCCCCCC. The zero-order valence-electron chi connectivity index (χ0n) is 40.4. The summed E-state index contributed by atoms with van der Waals surface area (Å²) in [4.78, 5) is 12.1. The number of aliphatic hydroxyl groups is 4. The van der Waals surface area contributed by atoms with E-state index >= 15 is 0 Å². The number of hydrogen-bond acceptors (Lipinski definition) is 17. The molecule has 11 atom stereocenters. The van der Waals surface area contributed by atoms with Gasteiger partial charge in [-0.1, -0.05) is 155 Å². The molecule has 0 saturated carbocycles. The number of hydrogen-bond donors (Lipinski definition) is 7. The predicted octanol–water partition coefficient (Wildman–Crippen LogP) is 5.23. The summed E-state index contributed by atoms with van der Waals surface area (Å²) in [7, 11) is -10.1. The highest BCUT2D eigenvalue weighted by molar-refractivity contribution is 7.81. The molecule has 2 rings (SSSR count). The molecule has 1 unspecified atom stereocenters. The van der Waals surface area contributed by atoms with Crippen molar-refractivity contribution in [3.8, 4) is 0 Å². The lowest BCUT2D eigenvalue weighted by Gasteiger charge is -2.47. The molecule has 0 radical (unpaired) electrons. The fraction of sp³-hybridized carbons (Fsp3) is 0.978. The van der Waals surface area contributed by atoms with Crippen LogP contribution in [0.2, 0.25) is 0 Å². The fourth-order valence-corrected chi connectivity index (χ4v) is 8.78. The van der Waals surface area contributed by atoms with Crippen LogP contribution < -0.4 is 5.32 Å². The van der Waals surface area contributed by atoms with Crippen molar-refractivity contribution >= 4 is 26.7 Å². The molecule has 1 amide bonds. The Morgan fingerprint density at radius 2 is 0.970 bits per heavy atom. The van der Waals surface area contributed by atoms with Crippen molar-refractivity contribution in [2.45, 2.75) is 242 Å². The zero-order valence-corrected chi connectivity index (χ0v) is 42.0. The Kier molecular flexibility index (Phi) is 33.1. The second kappa shape index (κ2) is 35.8. The molecule has 0 bridgehead atoms. The van der Waals surface area contributed by atoms with E-state index in [4.69, 9.17) is 33.0 Å². The highest BCUT2D eigenvalue weighted by atomic mass is 32.3. The van der Waals surface area contributed by atoms with E-state index in [1.807, 2.05) is 0 Å².